The van der Waals surface area contributed by atoms with Crippen LogP contribution in [-0.2, 0) is 0 Å². The van der Waals surface area contributed by atoms with E-state index in [2.05, 4.69) is 18.2 Å². The lowest BCUT2D eigenvalue weighted by molar-refractivity contribution is 0.159. The Morgan fingerprint density at radius 1 is 1.10 bits per heavy atom. The maximum atomic E-state index is 6.04. The number of benzene rings is 2. The summed E-state index contributed by atoms with van der Waals surface area (Å²) in [7, 11) is 1.66. The summed E-state index contributed by atoms with van der Waals surface area (Å²) in [6, 6.07) is 9.87. The summed E-state index contributed by atoms with van der Waals surface area (Å²) in [6.45, 7) is 4.10. The number of methoxy groups -OCH3 is 1. The minimum absolute atomic E-state index is 0.280. The van der Waals surface area contributed by atoms with Crippen molar-refractivity contribution in [3.05, 3.63) is 42.0 Å². The molecule has 4 rings (SSSR count). The smallest absolute Gasteiger partial charge is 0.177 e. The Morgan fingerprint density at radius 3 is 2.76 bits per heavy atom. The third-order valence-corrected chi connectivity index (χ3v) is 3.87. The second-order valence-electron chi connectivity index (χ2n) is 5.83. The Hall–Kier alpha value is -2.42. The summed E-state index contributed by atoms with van der Waals surface area (Å²) < 4.78 is 17.4. The first-order valence-corrected chi connectivity index (χ1v) is 6.99. The highest BCUT2D eigenvalue weighted by Gasteiger charge is 2.24. The number of furan rings is 1. The minimum atomic E-state index is -0.280. The molecular weight excluding hydrogens is 264 g/mol. The standard InChI is InChI=1S/C18H16O3/c1-18(2)10-9-11-13(21-18)7-8-14-16(11)12-5-4-6-15(19-3)17(12)20-14/h4-10H,1-3H3. The topological polar surface area (TPSA) is 31.6 Å². The lowest BCUT2D eigenvalue weighted by Crippen LogP contribution is -2.27. The minimum Gasteiger partial charge on any atom is -0.493 e. The Balaban J connectivity index is 2.11. The quantitative estimate of drug-likeness (QED) is 0.643. The van der Waals surface area contributed by atoms with Crippen molar-refractivity contribution in [1.82, 2.24) is 0 Å². The van der Waals surface area contributed by atoms with Crippen molar-refractivity contribution in [2.45, 2.75) is 19.4 Å². The molecule has 3 nitrogen and oxygen atoms in total. The Morgan fingerprint density at radius 2 is 1.95 bits per heavy atom. The summed E-state index contributed by atoms with van der Waals surface area (Å²) in [5.41, 5.74) is 2.42. The van der Waals surface area contributed by atoms with Crippen molar-refractivity contribution in [2.24, 2.45) is 0 Å². The zero-order valence-electron chi connectivity index (χ0n) is 12.3. The molecule has 0 aliphatic carbocycles. The molecule has 0 unspecified atom stereocenters. The molecular formula is C18H16O3. The molecule has 3 aromatic rings. The van der Waals surface area contributed by atoms with Gasteiger partial charge < -0.3 is 13.9 Å². The van der Waals surface area contributed by atoms with Crippen LogP contribution in [0.5, 0.6) is 11.5 Å². The van der Waals surface area contributed by atoms with Crippen LogP contribution >= 0.6 is 0 Å². The van der Waals surface area contributed by atoms with Gasteiger partial charge in [-0.15, -0.1) is 0 Å². The number of ether oxygens (including phenoxy) is 2. The van der Waals surface area contributed by atoms with Crippen LogP contribution in [-0.4, -0.2) is 12.7 Å². The molecule has 0 fully saturated rings. The van der Waals surface area contributed by atoms with Gasteiger partial charge in [0.15, 0.2) is 11.3 Å². The fourth-order valence-corrected chi connectivity index (χ4v) is 2.89. The van der Waals surface area contributed by atoms with Gasteiger partial charge in [-0.2, -0.15) is 0 Å². The normalized spacial score (nSPS) is 16.0. The third kappa shape index (κ3) is 1.74. The van der Waals surface area contributed by atoms with Gasteiger partial charge >= 0.3 is 0 Å². The zero-order valence-corrected chi connectivity index (χ0v) is 12.3. The van der Waals surface area contributed by atoms with E-state index < -0.39 is 0 Å². The highest BCUT2D eigenvalue weighted by atomic mass is 16.5. The van der Waals surface area contributed by atoms with E-state index in [0.717, 1.165) is 39.0 Å². The largest absolute Gasteiger partial charge is 0.493 e. The van der Waals surface area contributed by atoms with Crippen LogP contribution in [0, 0.1) is 0 Å². The van der Waals surface area contributed by atoms with E-state index in [9.17, 15) is 0 Å². The molecule has 0 radical (unpaired) electrons. The van der Waals surface area contributed by atoms with Crippen LogP contribution < -0.4 is 9.47 Å². The molecule has 1 aliphatic heterocycles. The molecule has 1 aromatic heterocycles. The molecule has 0 spiro atoms. The first-order chi connectivity index (χ1) is 10.1. The molecule has 0 atom stereocenters. The lowest BCUT2D eigenvalue weighted by Gasteiger charge is -2.27. The van der Waals surface area contributed by atoms with Crippen LogP contribution in [0.4, 0.5) is 0 Å². The Kier molecular flexibility index (Phi) is 2.37. The fraction of sp³-hybridized carbons (Fsp3) is 0.222. The molecule has 0 saturated carbocycles. The van der Waals surface area contributed by atoms with Crippen LogP contribution in [0.2, 0.25) is 0 Å². The van der Waals surface area contributed by atoms with E-state index in [0.29, 0.717) is 0 Å². The summed E-state index contributed by atoms with van der Waals surface area (Å²) >= 11 is 0. The van der Waals surface area contributed by atoms with Crippen molar-refractivity contribution in [3.63, 3.8) is 0 Å². The van der Waals surface area contributed by atoms with Gasteiger partial charge in [-0.1, -0.05) is 18.2 Å². The summed E-state index contributed by atoms with van der Waals surface area (Å²) in [5, 5.41) is 2.13. The monoisotopic (exact) mass is 280 g/mol. The maximum absolute atomic E-state index is 6.04. The van der Waals surface area contributed by atoms with Gasteiger partial charge in [0, 0.05) is 16.3 Å². The predicted molar refractivity (Wildman–Crippen MR) is 84.0 cm³/mol. The zero-order chi connectivity index (χ0) is 14.6. The van der Waals surface area contributed by atoms with Crippen molar-refractivity contribution in [1.29, 1.82) is 0 Å². The van der Waals surface area contributed by atoms with Crippen molar-refractivity contribution < 1.29 is 13.9 Å². The number of hydrogen-bond acceptors (Lipinski definition) is 3. The van der Waals surface area contributed by atoms with Gasteiger partial charge in [0.2, 0.25) is 0 Å². The first-order valence-electron chi connectivity index (χ1n) is 6.99. The Labute approximate surface area is 122 Å². The lowest BCUT2D eigenvalue weighted by atomic mass is 9.98. The van der Waals surface area contributed by atoms with Crippen LogP contribution in [0.15, 0.2) is 40.8 Å². The first kappa shape index (κ1) is 12.3. The fourth-order valence-electron chi connectivity index (χ4n) is 2.89. The van der Waals surface area contributed by atoms with E-state index in [1.165, 1.54) is 0 Å². The van der Waals surface area contributed by atoms with Gasteiger partial charge in [-0.05, 0) is 38.1 Å². The molecule has 0 amide bonds. The van der Waals surface area contributed by atoms with Gasteiger partial charge in [-0.25, -0.2) is 0 Å². The summed E-state index contributed by atoms with van der Waals surface area (Å²) in [5.74, 6) is 1.64. The SMILES string of the molecule is COc1cccc2c1oc1ccc3c(c12)C=CC(C)(C)O3. The van der Waals surface area contributed by atoms with Gasteiger partial charge in [0.1, 0.15) is 16.9 Å². The van der Waals surface area contributed by atoms with E-state index in [1.54, 1.807) is 7.11 Å². The molecule has 106 valence electrons. The molecule has 21 heavy (non-hydrogen) atoms. The number of hydrogen-bond donors (Lipinski definition) is 0. The maximum Gasteiger partial charge on any atom is 0.177 e. The summed E-state index contributed by atoms with van der Waals surface area (Å²) in [6.07, 6.45) is 4.20. The van der Waals surface area contributed by atoms with E-state index in [1.807, 2.05) is 38.1 Å². The van der Waals surface area contributed by atoms with Gasteiger partial charge in [0.05, 0.1) is 7.11 Å². The van der Waals surface area contributed by atoms with E-state index >= 15 is 0 Å². The summed E-state index contributed by atoms with van der Waals surface area (Å²) in [4.78, 5) is 0. The predicted octanol–water partition coefficient (Wildman–Crippen LogP) is 4.78. The molecule has 2 aromatic carbocycles. The highest BCUT2D eigenvalue weighted by molar-refractivity contribution is 6.11. The van der Waals surface area contributed by atoms with Crippen LogP contribution in [0.1, 0.15) is 19.4 Å². The van der Waals surface area contributed by atoms with Gasteiger partial charge in [-0.3, -0.25) is 0 Å². The highest BCUT2D eigenvalue weighted by Crippen LogP contribution is 2.42. The molecule has 1 aliphatic rings. The van der Waals surface area contributed by atoms with E-state index in [4.69, 9.17) is 13.9 Å². The van der Waals surface area contributed by atoms with Gasteiger partial charge in [0.25, 0.3) is 0 Å². The number of para-hydroxylation sites is 1. The van der Waals surface area contributed by atoms with Crippen molar-refractivity contribution in [3.8, 4) is 11.5 Å². The molecule has 0 bridgehead atoms. The second-order valence-corrected chi connectivity index (χ2v) is 5.83. The third-order valence-electron chi connectivity index (χ3n) is 3.87. The molecule has 0 saturated heterocycles. The molecule has 2 heterocycles. The van der Waals surface area contributed by atoms with Crippen molar-refractivity contribution >= 4 is 28.0 Å². The average Bonchev–Trinajstić information content (AvgIpc) is 2.84. The van der Waals surface area contributed by atoms with Crippen LogP contribution in [0.25, 0.3) is 28.0 Å². The average molecular weight is 280 g/mol. The second kappa shape index (κ2) is 4.04. The molecule has 3 heteroatoms. The van der Waals surface area contributed by atoms with Crippen LogP contribution in [0.3, 0.4) is 0 Å². The molecule has 0 N–H and O–H groups in total. The van der Waals surface area contributed by atoms with E-state index in [-0.39, 0.29) is 5.60 Å². The number of rotatable bonds is 1. The Bertz CT molecular complexity index is 884. The number of fused-ring (bicyclic) bond motifs is 5. The van der Waals surface area contributed by atoms with Crippen molar-refractivity contribution in [2.75, 3.05) is 7.11 Å².